The Morgan fingerprint density at radius 1 is 1.00 bits per heavy atom. The van der Waals surface area contributed by atoms with Gasteiger partial charge in [-0.15, -0.1) is 0 Å². The van der Waals surface area contributed by atoms with Crippen molar-refractivity contribution in [3.63, 3.8) is 0 Å². The lowest BCUT2D eigenvalue weighted by Crippen LogP contribution is -2.56. The van der Waals surface area contributed by atoms with Gasteiger partial charge in [0.15, 0.2) is 5.60 Å². The first-order valence-corrected chi connectivity index (χ1v) is 7.84. The van der Waals surface area contributed by atoms with E-state index >= 15 is 0 Å². The smallest absolute Gasteiger partial charge is 0.182 e. The molecule has 1 unspecified atom stereocenters. The lowest BCUT2D eigenvalue weighted by molar-refractivity contribution is -0.157. The predicted octanol–water partition coefficient (Wildman–Crippen LogP) is 3.61. The van der Waals surface area contributed by atoms with Crippen LogP contribution in [0.2, 0.25) is 0 Å². The highest BCUT2D eigenvalue weighted by atomic mass is 16.3. The fourth-order valence-corrected chi connectivity index (χ4v) is 5.72. The van der Waals surface area contributed by atoms with Gasteiger partial charge in [0, 0.05) is 5.41 Å². The van der Waals surface area contributed by atoms with Crippen molar-refractivity contribution in [1.29, 1.82) is 5.26 Å². The van der Waals surface area contributed by atoms with Gasteiger partial charge in [0.05, 0.1) is 0 Å². The summed E-state index contributed by atoms with van der Waals surface area (Å²) in [5, 5.41) is 21.1. The van der Waals surface area contributed by atoms with Crippen LogP contribution in [0.4, 0.5) is 0 Å². The number of hydrogen-bond acceptors (Lipinski definition) is 2. The van der Waals surface area contributed by atoms with E-state index in [4.69, 9.17) is 0 Å². The van der Waals surface area contributed by atoms with Gasteiger partial charge < -0.3 is 5.11 Å². The summed E-state index contributed by atoms with van der Waals surface area (Å²) in [6, 6.07) is 11.9. The Morgan fingerprint density at radius 3 is 1.95 bits per heavy atom. The molecule has 1 aromatic rings. The molecule has 0 aromatic heterocycles. The maximum Gasteiger partial charge on any atom is 0.182 e. The van der Waals surface area contributed by atoms with E-state index in [1.807, 2.05) is 30.3 Å². The van der Waals surface area contributed by atoms with E-state index in [-0.39, 0.29) is 5.41 Å². The zero-order chi connectivity index (χ0) is 13.8. The number of benzene rings is 1. The van der Waals surface area contributed by atoms with Crippen molar-refractivity contribution in [2.24, 2.45) is 23.2 Å². The van der Waals surface area contributed by atoms with Crippen molar-refractivity contribution >= 4 is 0 Å². The summed E-state index contributed by atoms with van der Waals surface area (Å²) in [5.41, 5.74) is -0.702. The fourth-order valence-electron chi connectivity index (χ4n) is 5.72. The van der Waals surface area contributed by atoms with Crippen LogP contribution in [0.15, 0.2) is 30.3 Å². The minimum Gasteiger partial charge on any atom is -0.371 e. The van der Waals surface area contributed by atoms with E-state index in [1.165, 1.54) is 19.3 Å². The molecule has 4 aliphatic carbocycles. The van der Waals surface area contributed by atoms with Gasteiger partial charge in [-0.25, -0.2) is 0 Å². The van der Waals surface area contributed by atoms with E-state index in [1.54, 1.807) is 0 Å². The van der Waals surface area contributed by atoms with Gasteiger partial charge in [-0.3, -0.25) is 0 Å². The molecule has 2 heteroatoms. The molecule has 2 nitrogen and oxygen atoms in total. The van der Waals surface area contributed by atoms with Gasteiger partial charge >= 0.3 is 0 Å². The van der Waals surface area contributed by atoms with Crippen LogP contribution in [0, 0.1) is 34.5 Å². The first kappa shape index (κ1) is 12.4. The van der Waals surface area contributed by atoms with Gasteiger partial charge in [0.2, 0.25) is 0 Å². The van der Waals surface area contributed by atoms with Crippen LogP contribution in [0.25, 0.3) is 0 Å². The lowest BCUT2D eigenvalue weighted by atomic mass is 9.45. The van der Waals surface area contributed by atoms with Crippen molar-refractivity contribution in [1.82, 2.24) is 0 Å². The van der Waals surface area contributed by atoms with Crippen LogP contribution >= 0.6 is 0 Å². The molecule has 0 amide bonds. The molecule has 20 heavy (non-hydrogen) atoms. The van der Waals surface area contributed by atoms with Crippen LogP contribution in [-0.4, -0.2) is 5.11 Å². The van der Waals surface area contributed by atoms with Gasteiger partial charge in [-0.05, 0) is 61.8 Å². The second-order valence-electron chi connectivity index (χ2n) is 7.39. The minimum absolute atomic E-state index is 0.197. The fraction of sp³-hybridized carbons (Fsp3) is 0.611. The molecule has 4 aliphatic rings. The third kappa shape index (κ3) is 1.53. The van der Waals surface area contributed by atoms with Gasteiger partial charge in [0.25, 0.3) is 0 Å². The Hall–Kier alpha value is -1.33. The number of rotatable bonds is 2. The van der Waals surface area contributed by atoms with Gasteiger partial charge in [-0.1, -0.05) is 30.3 Å². The second-order valence-corrected chi connectivity index (χ2v) is 7.39. The average Bonchev–Trinajstić information content (AvgIpc) is 2.46. The average molecular weight is 267 g/mol. The molecule has 104 valence electrons. The summed E-state index contributed by atoms with van der Waals surface area (Å²) in [5.74, 6) is 2.22. The maximum atomic E-state index is 11.3. The Bertz CT molecular complexity index is 523. The van der Waals surface area contributed by atoms with Crippen molar-refractivity contribution < 1.29 is 5.11 Å². The monoisotopic (exact) mass is 267 g/mol. The van der Waals surface area contributed by atoms with Gasteiger partial charge in [-0.2, -0.15) is 5.26 Å². The van der Waals surface area contributed by atoms with Crippen molar-refractivity contribution in [2.45, 2.75) is 44.1 Å². The predicted molar refractivity (Wildman–Crippen MR) is 76.6 cm³/mol. The molecule has 4 fully saturated rings. The number of aliphatic hydroxyl groups is 1. The molecule has 1 atom stereocenters. The van der Waals surface area contributed by atoms with Crippen molar-refractivity contribution in [3.05, 3.63) is 35.9 Å². The summed E-state index contributed by atoms with van der Waals surface area (Å²) in [6.07, 6.45) is 7.11. The standard InChI is InChI=1S/C18H21NO/c19-12-18(20,16-4-2-1-3-5-16)17-9-13-6-14(10-17)8-15(7-13)11-17/h1-5,13-15,20H,6-11H2. The molecule has 4 bridgehead atoms. The summed E-state index contributed by atoms with van der Waals surface area (Å²) >= 11 is 0. The molecule has 4 saturated carbocycles. The number of nitrogens with zero attached hydrogens (tertiary/aromatic N) is 1. The number of hydrogen-bond donors (Lipinski definition) is 1. The van der Waals surface area contributed by atoms with E-state index in [0.29, 0.717) is 0 Å². The van der Waals surface area contributed by atoms with Crippen molar-refractivity contribution in [2.75, 3.05) is 0 Å². The summed E-state index contributed by atoms with van der Waals surface area (Å²) in [6.45, 7) is 0. The molecule has 1 aromatic carbocycles. The highest BCUT2D eigenvalue weighted by Gasteiger charge is 2.61. The SMILES string of the molecule is N#CC(O)(c1ccccc1)C12CC3CC(CC(C3)C1)C2. The van der Waals surface area contributed by atoms with Crippen LogP contribution in [0.1, 0.15) is 44.1 Å². The Balaban J connectivity index is 1.80. The third-order valence-electron chi connectivity index (χ3n) is 6.16. The molecule has 1 N–H and O–H groups in total. The normalized spacial score (nSPS) is 41.1. The molecule has 0 spiro atoms. The third-order valence-corrected chi connectivity index (χ3v) is 6.16. The molecule has 0 saturated heterocycles. The second kappa shape index (κ2) is 4.09. The van der Waals surface area contributed by atoms with Gasteiger partial charge in [0.1, 0.15) is 6.07 Å². The zero-order valence-corrected chi connectivity index (χ0v) is 11.8. The summed E-state index contributed by atoms with van der Waals surface area (Å²) in [4.78, 5) is 0. The molecule has 0 radical (unpaired) electrons. The number of nitriles is 1. The van der Waals surface area contributed by atoms with Crippen LogP contribution < -0.4 is 0 Å². The first-order valence-electron chi connectivity index (χ1n) is 7.84. The van der Waals surface area contributed by atoms with Crippen LogP contribution in [0.3, 0.4) is 0 Å². The van der Waals surface area contributed by atoms with E-state index in [2.05, 4.69) is 6.07 Å². The molecular weight excluding hydrogens is 246 g/mol. The molecule has 0 heterocycles. The maximum absolute atomic E-state index is 11.3. The summed E-state index contributed by atoms with van der Waals surface area (Å²) in [7, 11) is 0. The van der Waals surface area contributed by atoms with E-state index < -0.39 is 5.60 Å². The lowest BCUT2D eigenvalue weighted by Gasteiger charge is -2.60. The molecule has 5 rings (SSSR count). The van der Waals surface area contributed by atoms with Crippen molar-refractivity contribution in [3.8, 4) is 6.07 Å². The van der Waals surface area contributed by atoms with E-state index in [0.717, 1.165) is 42.6 Å². The Kier molecular flexibility index (Phi) is 2.54. The highest BCUT2D eigenvalue weighted by molar-refractivity contribution is 5.33. The Labute approximate surface area is 120 Å². The Morgan fingerprint density at radius 2 is 1.50 bits per heavy atom. The van der Waals surface area contributed by atoms with Crippen LogP contribution in [0.5, 0.6) is 0 Å². The molecular formula is C18H21NO. The zero-order valence-electron chi connectivity index (χ0n) is 11.8. The quantitative estimate of drug-likeness (QED) is 0.832. The topological polar surface area (TPSA) is 44.0 Å². The van der Waals surface area contributed by atoms with E-state index in [9.17, 15) is 10.4 Å². The summed E-state index contributed by atoms with van der Waals surface area (Å²) < 4.78 is 0. The minimum atomic E-state index is -1.30. The largest absolute Gasteiger partial charge is 0.371 e. The van der Waals surface area contributed by atoms with Crippen LogP contribution in [-0.2, 0) is 5.60 Å². The molecule has 0 aliphatic heterocycles. The highest BCUT2D eigenvalue weighted by Crippen LogP contribution is 2.65. The first-order chi connectivity index (χ1) is 9.65.